The normalized spacial score (nSPS) is 11.5. The van der Waals surface area contributed by atoms with Crippen molar-refractivity contribution in [2.45, 2.75) is 0 Å². The van der Waals surface area contributed by atoms with Crippen LogP contribution in [-0.4, -0.2) is 19.9 Å². The lowest BCUT2D eigenvalue weighted by Crippen LogP contribution is -1.95. The molecule has 0 aliphatic rings. The van der Waals surface area contributed by atoms with Gasteiger partial charge in [0, 0.05) is 33.0 Å². The number of hydrogen-bond donors (Lipinski definition) is 0. The van der Waals surface area contributed by atoms with Crippen molar-refractivity contribution in [3.05, 3.63) is 231 Å². The fraction of sp³-hybridized carbons (Fsp3) is 0. The van der Waals surface area contributed by atoms with Crippen LogP contribution in [0.15, 0.2) is 239 Å². The lowest BCUT2D eigenvalue weighted by Gasteiger charge is -2.11. The molecule has 68 heavy (non-hydrogen) atoms. The Hall–Kier alpha value is -9.26. The van der Waals surface area contributed by atoms with E-state index in [1.54, 1.807) is 0 Å². The molecule has 6 nitrogen and oxygen atoms in total. The Balaban J connectivity index is 0.877. The first-order valence-corrected chi connectivity index (χ1v) is 22.7. The second-order valence-electron chi connectivity index (χ2n) is 17.0. The van der Waals surface area contributed by atoms with Crippen LogP contribution in [0.25, 0.3) is 134 Å². The molecule has 13 aromatic rings. The number of rotatable bonds is 8. The molecule has 9 aromatic carbocycles. The van der Waals surface area contributed by atoms with E-state index in [0.717, 1.165) is 111 Å². The van der Waals surface area contributed by atoms with Crippen molar-refractivity contribution >= 4 is 44.1 Å². The highest BCUT2D eigenvalue weighted by molar-refractivity contribution is 6.12. The Labute approximate surface area is 391 Å². The fourth-order valence-corrected chi connectivity index (χ4v) is 9.43. The highest BCUT2D eigenvalue weighted by atomic mass is 16.3. The van der Waals surface area contributed by atoms with Crippen LogP contribution in [0.2, 0.25) is 0 Å². The Bertz CT molecular complexity index is 3780. The maximum Gasteiger partial charge on any atom is 0.231 e. The van der Waals surface area contributed by atoms with E-state index < -0.39 is 0 Å². The van der Waals surface area contributed by atoms with Gasteiger partial charge in [-0.2, -0.15) is 9.97 Å². The van der Waals surface area contributed by atoms with E-state index in [2.05, 4.69) is 182 Å². The summed E-state index contributed by atoms with van der Waals surface area (Å²) in [6.07, 6.45) is 0. The maximum absolute atomic E-state index is 6.43. The summed E-state index contributed by atoms with van der Waals surface area (Å²) in [5.74, 6) is 1.19. The summed E-state index contributed by atoms with van der Waals surface area (Å²) >= 11 is 0. The molecule has 0 fully saturated rings. The van der Waals surface area contributed by atoms with Crippen LogP contribution in [0, 0.1) is 0 Å². The first-order chi connectivity index (χ1) is 33.7. The Morgan fingerprint density at radius 2 is 0.529 bits per heavy atom. The predicted octanol–water partition coefficient (Wildman–Crippen LogP) is 16.4. The zero-order valence-corrected chi connectivity index (χ0v) is 36.5. The van der Waals surface area contributed by atoms with Gasteiger partial charge in [0.05, 0.1) is 22.2 Å². The molecule has 4 heterocycles. The van der Waals surface area contributed by atoms with Gasteiger partial charge < -0.3 is 8.83 Å². The topological polar surface area (TPSA) is 77.8 Å². The average molecular weight is 871 g/mol. The van der Waals surface area contributed by atoms with Crippen molar-refractivity contribution in [1.82, 2.24) is 19.9 Å². The lowest BCUT2D eigenvalue weighted by atomic mass is 9.96. The molecule has 0 bridgehead atoms. The molecule has 4 aromatic heterocycles. The number of fused-ring (bicyclic) bond motifs is 6. The largest absolute Gasteiger partial charge is 0.438 e. The molecule has 6 heteroatoms. The highest BCUT2D eigenvalue weighted by Gasteiger charge is 2.21. The number of furan rings is 2. The third-order valence-electron chi connectivity index (χ3n) is 12.7. The lowest BCUT2D eigenvalue weighted by molar-refractivity contribution is 0.653. The Kier molecular flexibility index (Phi) is 9.39. The van der Waals surface area contributed by atoms with Gasteiger partial charge in [0.15, 0.2) is 11.6 Å². The smallest absolute Gasteiger partial charge is 0.231 e. The third-order valence-corrected chi connectivity index (χ3v) is 12.7. The van der Waals surface area contributed by atoms with Gasteiger partial charge in [-0.15, -0.1) is 0 Å². The number of para-hydroxylation sites is 2. The first kappa shape index (κ1) is 39.1. The minimum Gasteiger partial charge on any atom is -0.438 e. The quantitative estimate of drug-likeness (QED) is 0.151. The first-order valence-electron chi connectivity index (χ1n) is 22.7. The second kappa shape index (κ2) is 16.3. The molecule has 318 valence electrons. The van der Waals surface area contributed by atoms with E-state index in [1.165, 1.54) is 0 Å². The van der Waals surface area contributed by atoms with Crippen LogP contribution < -0.4 is 0 Å². The van der Waals surface area contributed by atoms with Gasteiger partial charge in [0.25, 0.3) is 0 Å². The van der Waals surface area contributed by atoms with E-state index in [-0.39, 0.29) is 0 Å². The predicted molar refractivity (Wildman–Crippen MR) is 276 cm³/mol. The van der Waals surface area contributed by atoms with Gasteiger partial charge in [-0.25, -0.2) is 9.97 Å². The summed E-state index contributed by atoms with van der Waals surface area (Å²) < 4.78 is 12.9. The molecule has 0 saturated heterocycles. The fourth-order valence-electron chi connectivity index (χ4n) is 9.43. The van der Waals surface area contributed by atoms with E-state index in [0.29, 0.717) is 23.1 Å². The minimum absolute atomic E-state index is 0.555. The van der Waals surface area contributed by atoms with Crippen molar-refractivity contribution in [1.29, 1.82) is 0 Å². The summed E-state index contributed by atoms with van der Waals surface area (Å²) in [6, 6.07) is 79.6. The summed E-state index contributed by atoms with van der Waals surface area (Å²) in [5, 5.41) is 3.77. The summed E-state index contributed by atoms with van der Waals surface area (Å²) in [7, 11) is 0. The van der Waals surface area contributed by atoms with Gasteiger partial charge in [-0.3, -0.25) is 0 Å². The number of aromatic nitrogens is 4. The Morgan fingerprint density at radius 3 is 0.941 bits per heavy atom. The van der Waals surface area contributed by atoms with Crippen molar-refractivity contribution in [2.75, 3.05) is 0 Å². The summed E-state index contributed by atoms with van der Waals surface area (Å²) in [4.78, 5) is 20.8. The molecule has 0 aliphatic carbocycles. The average Bonchev–Trinajstić information content (AvgIpc) is 4.00. The van der Waals surface area contributed by atoms with Crippen molar-refractivity contribution in [3.8, 4) is 89.8 Å². The van der Waals surface area contributed by atoms with Gasteiger partial charge in [0.2, 0.25) is 11.4 Å². The molecule has 0 aliphatic heterocycles. The molecular formula is C62H38N4O2. The van der Waals surface area contributed by atoms with E-state index >= 15 is 0 Å². The van der Waals surface area contributed by atoms with Crippen LogP contribution in [0.4, 0.5) is 0 Å². The molecule has 0 amide bonds. The minimum atomic E-state index is 0.555. The van der Waals surface area contributed by atoms with Crippen LogP contribution in [-0.2, 0) is 0 Å². The van der Waals surface area contributed by atoms with Gasteiger partial charge in [-0.1, -0.05) is 188 Å². The van der Waals surface area contributed by atoms with Gasteiger partial charge in [-0.05, 0) is 87.0 Å². The van der Waals surface area contributed by atoms with Crippen molar-refractivity contribution < 1.29 is 8.83 Å². The SMILES string of the molecule is c1ccc(-c2cccc(-c3nc(-c4cccc(-c5cccc(-c6cccc(-c7nc(-c8cccc(-c9ccccc9)c8)c8c(n7)oc7ccccc78)c6)c5)c4)nc4oc5ccccc5c34)c2)cc1. The van der Waals surface area contributed by atoms with E-state index in [9.17, 15) is 0 Å². The van der Waals surface area contributed by atoms with Crippen molar-refractivity contribution in [3.63, 3.8) is 0 Å². The third kappa shape index (κ3) is 7.00. The molecule has 0 spiro atoms. The standard InChI is InChI=1S/C62H38N4O2/c1-3-16-39(17-4-1)41-20-12-26-47(35-41)57-55-51-30-7-9-32-53(51)67-61(55)65-59(63-57)49-28-14-24-45(37-49)43-22-11-23-44(34-43)46-25-15-29-50(38-46)60-64-58(56-52-31-8-10-33-54(52)68-62(56)66-60)48-27-13-21-42(36-48)40-18-5-2-6-19-40/h1-38H. The molecule has 0 radical (unpaired) electrons. The highest BCUT2D eigenvalue weighted by Crippen LogP contribution is 2.40. The maximum atomic E-state index is 6.43. The molecule has 0 N–H and O–H groups in total. The Morgan fingerprint density at radius 1 is 0.235 bits per heavy atom. The van der Waals surface area contributed by atoms with Crippen LogP contribution in [0.3, 0.4) is 0 Å². The number of hydrogen-bond acceptors (Lipinski definition) is 6. The molecule has 0 saturated carbocycles. The monoisotopic (exact) mass is 870 g/mol. The molecular weight excluding hydrogens is 833 g/mol. The van der Waals surface area contributed by atoms with Gasteiger partial charge >= 0.3 is 0 Å². The van der Waals surface area contributed by atoms with Crippen molar-refractivity contribution in [2.24, 2.45) is 0 Å². The second-order valence-corrected chi connectivity index (χ2v) is 17.0. The van der Waals surface area contributed by atoms with Crippen LogP contribution >= 0.6 is 0 Å². The van der Waals surface area contributed by atoms with Crippen LogP contribution in [0.5, 0.6) is 0 Å². The molecule has 13 rings (SSSR count). The van der Waals surface area contributed by atoms with Gasteiger partial charge in [0.1, 0.15) is 11.2 Å². The van der Waals surface area contributed by atoms with E-state index in [1.807, 2.05) is 48.5 Å². The summed E-state index contributed by atoms with van der Waals surface area (Å²) in [6.45, 7) is 0. The molecule has 0 unspecified atom stereocenters. The summed E-state index contributed by atoms with van der Waals surface area (Å²) in [5.41, 5.74) is 16.8. The zero-order chi connectivity index (χ0) is 45.0. The van der Waals surface area contributed by atoms with Crippen LogP contribution in [0.1, 0.15) is 0 Å². The zero-order valence-electron chi connectivity index (χ0n) is 36.5. The number of nitrogens with zero attached hydrogens (tertiary/aromatic N) is 4. The van der Waals surface area contributed by atoms with E-state index in [4.69, 9.17) is 28.8 Å². The number of benzene rings is 9. The molecule has 0 atom stereocenters.